The van der Waals surface area contributed by atoms with E-state index < -0.39 is 11.8 Å². The van der Waals surface area contributed by atoms with Gasteiger partial charge in [0.15, 0.2) is 0 Å². The molecule has 0 radical (unpaired) electrons. The molecule has 5 heteroatoms. The Morgan fingerprint density at radius 2 is 1.95 bits per heavy atom. The number of amides is 2. The van der Waals surface area contributed by atoms with E-state index in [2.05, 4.69) is 28.1 Å². The Balaban J connectivity index is 1.62. The summed E-state index contributed by atoms with van der Waals surface area (Å²) in [4.78, 5) is 25.0. The molecule has 4 nitrogen and oxygen atoms in total. The molecular weight excluding hydrogens is 284 g/mol. The molecule has 2 amide bonds. The Kier molecular flexibility index (Phi) is 4.29. The lowest BCUT2D eigenvalue weighted by molar-refractivity contribution is -0.139. The SMILES string of the molecule is O=C(NCC1(c2cccs2)CCCCC1)C(=O)NC1CC1. The van der Waals surface area contributed by atoms with Gasteiger partial charge in [-0.2, -0.15) is 0 Å². The third kappa shape index (κ3) is 3.46. The van der Waals surface area contributed by atoms with Crippen LogP contribution < -0.4 is 10.6 Å². The van der Waals surface area contributed by atoms with Crippen LogP contribution >= 0.6 is 11.3 Å². The average Bonchev–Trinajstić information content (AvgIpc) is 3.14. The summed E-state index contributed by atoms with van der Waals surface area (Å²) >= 11 is 1.76. The van der Waals surface area contributed by atoms with Gasteiger partial charge in [-0.25, -0.2) is 0 Å². The van der Waals surface area contributed by atoms with E-state index >= 15 is 0 Å². The number of nitrogens with one attached hydrogen (secondary N) is 2. The zero-order valence-corrected chi connectivity index (χ0v) is 13.0. The number of carbonyl (C=O) groups excluding carboxylic acids is 2. The predicted octanol–water partition coefficient (Wildman–Crippen LogP) is 2.34. The second kappa shape index (κ2) is 6.18. The van der Waals surface area contributed by atoms with Crippen LogP contribution in [0.1, 0.15) is 49.8 Å². The van der Waals surface area contributed by atoms with Crippen LogP contribution in [-0.2, 0) is 15.0 Å². The quantitative estimate of drug-likeness (QED) is 0.839. The molecule has 2 saturated carbocycles. The van der Waals surface area contributed by atoms with E-state index in [0.717, 1.165) is 25.7 Å². The summed E-state index contributed by atoms with van der Waals surface area (Å²) in [5, 5.41) is 7.70. The van der Waals surface area contributed by atoms with Gasteiger partial charge in [-0.15, -0.1) is 11.3 Å². The third-order valence-corrected chi connectivity index (χ3v) is 5.68. The van der Waals surface area contributed by atoms with Gasteiger partial charge in [0.05, 0.1) is 0 Å². The van der Waals surface area contributed by atoms with Crippen molar-refractivity contribution in [2.45, 2.75) is 56.4 Å². The molecule has 2 fully saturated rings. The highest BCUT2D eigenvalue weighted by Gasteiger charge is 2.36. The van der Waals surface area contributed by atoms with Crippen molar-refractivity contribution in [1.29, 1.82) is 0 Å². The number of thiophene rings is 1. The Morgan fingerprint density at radius 1 is 1.19 bits per heavy atom. The van der Waals surface area contributed by atoms with Crippen molar-refractivity contribution in [3.05, 3.63) is 22.4 Å². The third-order valence-electron chi connectivity index (χ3n) is 4.56. The second-order valence-electron chi connectivity index (χ2n) is 6.25. The van der Waals surface area contributed by atoms with Crippen molar-refractivity contribution >= 4 is 23.2 Å². The summed E-state index contributed by atoms with van der Waals surface area (Å²) in [5.74, 6) is -0.960. The molecule has 21 heavy (non-hydrogen) atoms. The molecular formula is C16H22N2O2S. The molecule has 0 saturated heterocycles. The van der Waals surface area contributed by atoms with Gasteiger partial charge in [0.2, 0.25) is 0 Å². The molecule has 1 heterocycles. The summed E-state index contributed by atoms with van der Waals surface area (Å²) in [6.07, 6.45) is 7.85. The Hall–Kier alpha value is -1.36. The lowest BCUT2D eigenvalue weighted by Crippen LogP contribution is -2.47. The van der Waals surface area contributed by atoms with Crippen LogP contribution in [0.2, 0.25) is 0 Å². The Morgan fingerprint density at radius 3 is 2.57 bits per heavy atom. The second-order valence-corrected chi connectivity index (χ2v) is 7.20. The van der Waals surface area contributed by atoms with Crippen molar-refractivity contribution in [1.82, 2.24) is 10.6 Å². The monoisotopic (exact) mass is 306 g/mol. The van der Waals surface area contributed by atoms with Crippen LogP contribution in [0.4, 0.5) is 0 Å². The summed E-state index contributed by atoms with van der Waals surface area (Å²) < 4.78 is 0. The van der Waals surface area contributed by atoms with Gasteiger partial charge in [0.25, 0.3) is 0 Å². The van der Waals surface area contributed by atoms with Gasteiger partial charge in [0.1, 0.15) is 0 Å². The van der Waals surface area contributed by atoms with E-state index in [-0.39, 0.29) is 11.5 Å². The first kappa shape index (κ1) is 14.6. The lowest BCUT2D eigenvalue weighted by atomic mass is 9.73. The van der Waals surface area contributed by atoms with Crippen LogP contribution in [0.25, 0.3) is 0 Å². The smallest absolute Gasteiger partial charge is 0.309 e. The van der Waals surface area contributed by atoms with E-state index in [4.69, 9.17) is 0 Å². The molecule has 3 rings (SSSR count). The molecule has 1 aromatic heterocycles. The summed E-state index contributed by atoms with van der Waals surface area (Å²) in [7, 11) is 0. The van der Waals surface area contributed by atoms with Crippen molar-refractivity contribution in [3.8, 4) is 0 Å². The number of carbonyl (C=O) groups is 2. The highest BCUT2D eigenvalue weighted by atomic mass is 32.1. The summed E-state index contributed by atoms with van der Waals surface area (Å²) in [6, 6.07) is 4.45. The molecule has 0 bridgehead atoms. The summed E-state index contributed by atoms with van der Waals surface area (Å²) in [6.45, 7) is 0.574. The van der Waals surface area contributed by atoms with Crippen molar-refractivity contribution in [3.63, 3.8) is 0 Å². The Bertz CT molecular complexity index is 502. The maximum Gasteiger partial charge on any atom is 0.309 e. The van der Waals surface area contributed by atoms with Gasteiger partial charge >= 0.3 is 11.8 Å². The van der Waals surface area contributed by atoms with Gasteiger partial charge in [0, 0.05) is 22.9 Å². The minimum Gasteiger partial charge on any atom is -0.347 e. The fourth-order valence-corrected chi connectivity index (χ4v) is 4.11. The van der Waals surface area contributed by atoms with E-state index in [1.165, 1.54) is 24.1 Å². The molecule has 2 aliphatic carbocycles. The van der Waals surface area contributed by atoms with E-state index in [0.29, 0.717) is 6.54 Å². The molecule has 2 N–H and O–H groups in total. The molecule has 0 spiro atoms. The highest BCUT2D eigenvalue weighted by molar-refractivity contribution is 7.10. The molecule has 0 aromatic carbocycles. The van der Waals surface area contributed by atoms with Crippen LogP contribution in [0.15, 0.2) is 17.5 Å². The normalized spacial score (nSPS) is 20.8. The fourth-order valence-electron chi connectivity index (χ4n) is 3.13. The molecule has 0 aliphatic heterocycles. The van der Waals surface area contributed by atoms with Gasteiger partial charge in [-0.05, 0) is 37.1 Å². The number of hydrogen-bond donors (Lipinski definition) is 2. The molecule has 2 aliphatic rings. The molecule has 1 aromatic rings. The minimum atomic E-state index is -0.483. The first-order valence-electron chi connectivity index (χ1n) is 7.82. The first-order valence-corrected chi connectivity index (χ1v) is 8.70. The van der Waals surface area contributed by atoms with Crippen LogP contribution in [0, 0.1) is 0 Å². The standard InChI is InChI=1S/C16H22N2O2S/c19-14(15(20)18-12-6-7-12)17-11-16(8-2-1-3-9-16)13-5-4-10-21-13/h4-5,10,12H,1-3,6-9,11H2,(H,17,19)(H,18,20). The first-order chi connectivity index (χ1) is 10.2. The number of hydrogen-bond acceptors (Lipinski definition) is 3. The van der Waals surface area contributed by atoms with Crippen molar-refractivity contribution in [2.75, 3.05) is 6.54 Å². The van der Waals surface area contributed by atoms with E-state index in [9.17, 15) is 9.59 Å². The predicted molar refractivity (Wildman–Crippen MR) is 83.3 cm³/mol. The minimum absolute atomic E-state index is 0.0297. The van der Waals surface area contributed by atoms with E-state index in [1.54, 1.807) is 11.3 Å². The molecule has 0 atom stereocenters. The van der Waals surface area contributed by atoms with Gasteiger partial charge < -0.3 is 10.6 Å². The lowest BCUT2D eigenvalue weighted by Gasteiger charge is -2.36. The number of rotatable bonds is 4. The van der Waals surface area contributed by atoms with Crippen LogP contribution in [0.3, 0.4) is 0 Å². The zero-order chi connectivity index (χ0) is 14.7. The maximum atomic E-state index is 11.9. The van der Waals surface area contributed by atoms with Gasteiger partial charge in [-0.1, -0.05) is 25.3 Å². The van der Waals surface area contributed by atoms with Crippen molar-refractivity contribution < 1.29 is 9.59 Å². The van der Waals surface area contributed by atoms with Crippen molar-refractivity contribution in [2.24, 2.45) is 0 Å². The average molecular weight is 306 g/mol. The van der Waals surface area contributed by atoms with Crippen LogP contribution in [-0.4, -0.2) is 24.4 Å². The topological polar surface area (TPSA) is 58.2 Å². The highest BCUT2D eigenvalue weighted by Crippen LogP contribution is 2.41. The molecule has 0 unspecified atom stereocenters. The maximum absolute atomic E-state index is 11.9. The van der Waals surface area contributed by atoms with Gasteiger partial charge in [-0.3, -0.25) is 9.59 Å². The fraction of sp³-hybridized carbons (Fsp3) is 0.625. The Labute approximate surface area is 129 Å². The molecule has 114 valence electrons. The van der Waals surface area contributed by atoms with E-state index in [1.807, 2.05) is 0 Å². The largest absolute Gasteiger partial charge is 0.347 e. The summed E-state index contributed by atoms with van der Waals surface area (Å²) in [5.41, 5.74) is 0.0297. The van der Waals surface area contributed by atoms with Crippen LogP contribution in [0.5, 0.6) is 0 Å². The zero-order valence-electron chi connectivity index (χ0n) is 12.2.